The summed E-state index contributed by atoms with van der Waals surface area (Å²) in [5, 5.41) is 46.7. The summed E-state index contributed by atoms with van der Waals surface area (Å²) in [7, 11) is 0. The molecule has 0 bridgehead atoms. The van der Waals surface area contributed by atoms with Crippen molar-refractivity contribution in [2.45, 2.75) is 139 Å². The number of hydrogen-bond donors (Lipinski definition) is 10. The maximum absolute atomic E-state index is 14.4. The van der Waals surface area contributed by atoms with Crippen LogP contribution in [0.2, 0.25) is 0 Å². The van der Waals surface area contributed by atoms with Crippen LogP contribution in [-0.4, -0.2) is 153 Å². The third-order valence-corrected chi connectivity index (χ3v) is 12.9. The van der Waals surface area contributed by atoms with Gasteiger partial charge in [0.15, 0.2) is 0 Å². The van der Waals surface area contributed by atoms with Crippen molar-refractivity contribution in [2.24, 2.45) is 11.5 Å². The predicted molar refractivity (Wildman–Crippen MR) is 254 cm³/mol. The second kappa shape index (κ2) is 23.8. The van der Waals surface area contributed by atoms with E-state index < -0.39 is 102 Å². The number of benzene rings is 3. The molecule has 20 heteroatoms. The Balaban J connectivity index is 1.29. The lowest BCUT2D eigenvalue weighted by Gasteiger charge is -2.32. The van der Waals surface area contributed by atoms with Crippen LogP contribution in [0.5, 0.6) is 11.5 Å². The third kappa shape index (κ3) is 13.5. The number of aryl methyl sites for hydroxylation is 1. The van der Waals surface area contributed by atoms with E-state index >= 15 is 0 Å². The van der Waals surface area contributed by atoms with Crippen LogP contribution in [0.4, 0.5) is 0 Å². The highest BCUT2D eigenvalue weighted by atomic mass is 16.5. The minimum Gasteiger partial charge on any atom is -0.508 e. The van der Waals surface area contributed by atoms with Gasteiger partial charge in [-0.25, -0.2) is 0 Å². The molecule has 3 aliphatic rings. The van der Waals surface area contributed by atoms with Crippen LogP contribution in [-0.2, 0) is 35.2 Å². The topological polar surface area (TPSA) is 308 Å². The number of ether oxygens (including phenoxy) is 1. The second-order valence-corrected chi connectivity index (χ2v) is 18.5. The number of nitrogens with one attached hydrogen (secondary N) is 5. The van der Waals surface area contributed by atoms with Crippen LogP contribution in [0.25, 0.3) is 10.8 Å². The number of unbranched alkanes of at least 4 members (excludes halogenated alkanes) is 2. The van der Waals surface area contributed by atoms with Gasteiger partial charge in [-0.3, -0.25) is 33.6 Å². The number of carbonyl (C=O) groups is 7. The molecule has 0 aromatic heterocycles. The summed E-state index contributed by atoms with van der Waals surface area (Å²) >= 11 is 0. The van der Waals surface area contributed by atoms with E-state index in [2.05, 4.69) is 33.5 Å². The van der Waals surface area contributed by atoms with Crippen molar-refractivity contribution < 1.29 is 53.6 Å². The van der Waals surface area contributed by atoms with Gasteiger partial charge in [0, 0.05) is 37.3 Å². The normalized spacial score (nSPS) is 26.4. The quantitative estimate of drug-likeness (QED) is 0.106. The van der Waals surface area contributed by atoms with Crippen LogP contribution in [0.3, 0.4) is 0 Å². The summed E-state index contributed by atoms with van der Waals surface area (Å²) in [5.74, 6) is -4.58. The molecule has 0 aliphatic carbocycles. The van der Waals surface area contributed by atoms with Crippen LogP contribution in [0.1, 0.15) is 88.1 Å². The Morgan fingerprint density at radius 2 is 1.36 bits per heavy atom. The van der Waals surface area contributed by atoms with Crippen LogP contribution < -0.4 is 42.8 Å². The fourth-order valence-corrected chi connectivity index (χ4v) is 9.02. The molecule has 20 nitrogen and oxygen atoms in total. The summed E-state index contributed by atoms with van der Waals surface area (Å²) in [6.45, 7) is 5.05. The lowest BCUT2D eigenvalue weighted by Crippen LogP contribution is -2.61. The molecule has 0 spiro atoms. The minimum absolute atomic E-state index is 0.0168. The summed E-state index contributed by atoms with van der Waals surface area (Å²) < 4.78 is 5.90. The molecule has 0 unspecified atom stereocenters. The van der Waals surface area contributed by atoms with Gasteiger partial charge < -0.3 is 67.9 Å². The molecule has 3 aliphatic heterocycles. The number of hydrogen-bond acceptors (Lipinski definition) is 13. The number of phenolic OH excluding ortho intramolecular Hbond substituents is 1. The molecule has 3 heterocycles. The first kappa shape index (κ1) is 52.0. The number of nitrogens with zero attached hydrogens (tertiary/aromatic N) is 2. The van der Waals surface area contributed by atoms with Crippen molar-refractivity contribution in [1.29, 1.82) is 0 Å². The van der Waals surface area contributed by atoms with Crippen molar-refractivity contribution in [1.82, 2.24) is 36.4 Å². The van der Waals surface area contributed by atoms with E-state index in [1.54, 1.807) is 30.3 Å². The molecule has 69 heavy (non-hydrogen) atoms. The molecule has 6 rings (SSSR count). The number of nitrogens with two attached hydrogens (primary N) is 2. The summed E-state index contributed by atoms with van der Waals surface area (Å²) in [4.78, 5) is 101. The Bertz CT molecular complexity index is 2330. The first-order valence-electron chi connectivity index (χ1n) is 23.9. The third-order valence-electron chi connectivity index (χ3n) is 12.9. The number of aliphatic hydroxyl groups excluding tert-OH is 2. The van der Waals surface area contributed by atoms with Crippen LogP contribution in [0.15, 0.2) is 60.7 Å². The Labute approximate surface area is 401 Å². The average Bonchev–Trinajstić information content (AvgIpc) is 3.92. The van der Waals surface area contributed by atoms with Gasteiger partial charge >= 0.3 is 0 Å². The van der Waals surface area contributed by atoms with E-state index in [0.29, 0.717) is 17.9 Å². The standard InChI is InChI=1S/C49H67N9O11/c1-4-5-6-20-69-36-17-14-30-21-32(13-12-31(30)22-36)43(62)53-37-8-7-19-52-46(65)39-23-33(50)25-57(39)48(67)41(27(2)59)56-45(64)38(18-11-29-9-15-35(61)16-10-29)54-47(66)40-24-34(51)26-58(40)49(68)42(28(3)60)55-44(37)63/h9-10,12-17,21-22,27-28,33-34,37-42,59-61H,4-8,11,18-20,23-26,50-51H2,1-3H3,(H,52,65)(H,53,62)(H,54,66)(H,55,63)(H,56,64)/t27-,28+,33-,34-,37-,38-,39-,40-,41-,42-/m0/s1. The first-order chi connectivity index (χ1) is 32.9. The summed E-state index contributed by atoms with van der Waals surface area (Å²) in [5.41, 5.74) is 13.5. The smallest absolute Gasteiger partial charge is 0.251 e. The molecule has 3 saturated heterocycles. The van der Waals surface area contributed by atoms with E-state index in [-0.39, 0.29) is 69.5 Å². The molecule has 0 saturated carbocycles. The largest absolute Gasteiger partial charge is 0.508 e. The molecular formula is C49H67N9O11. The first-order valence-corrected chi connectivity index (χ1v) is 23.9. The molecule has 10 atom stereocenters. The van der Waals surface area contributed by atoms with Crippen LogP contribution in [0, 0.1) is 0 Å². The van der Waals surface area contributed by atoms with Gasteiger partial charge in [-0.2, -0.15) is 0 Å². The zero-order valence-electron chi connectivity index (χ0n) is 39.4. The number of carbonyl (C=O) groups excluding carboxylic acids is 7. The molecule has 374 valence electrons. The highest BCUT2D eigenvalue weighted by Crippen LogP contribution is 2.25. The highest BCUT2D eigenvalue weighted by molar-refractivity contribution is 6.02. The number of rotatable bonds is 12. The Morgan fingerprint density at radius 3 is 1.99 bits per heavy atom. The van der Waals surface area contributed by atoms with Gasteiger partial charge in [0.2, 0.25) is 35.4 Å². The molecular weight excluding hydrogens is 891 g/mol. The Hall–Kier alpha value is -6.35. The van der Waals surface area contributed by atoms with E-state index in [4.69, 9.17) is 16.2 Å². The molecule has 0 radical (unpaired) electrons. The van der Waals surface area contributed by atoms with Gasteiger partial charge in [-0.1, -0.05) is 44.0 Å². The van der Waals surface area contributed by atoms with Crippen molar-refractivity contribution in [3.63, 3.8) is 0 Å². The number of aromatic hydroxyl groups is 1. The van der Waals surface area contributed by atoms with Crippen molar-refractivity contribution in [2.75, 3.05) is 26.2 Å². The number of fused-ring (bicyclic) bond motifs is 3. The van der Waals surface area contributed by atoms with Crippen molar-refractivity contribution in [3.8, 4) is 11.5 Å². The zero-order chi connectivity index (χ0) is 49.9. The van der Waals surface area contributed by atoms with Crippen LogP contribution >= 0.6 is 0 Å². The van der Waals surface area contributed by atoms with Gasteiger partial charge in [-0.05, 0) is 112 Å². The monoisotopic (exact) mass is 957 g/mol. The highest BCUT2D eigenvalue weighted by Gasteiger charge is 2.45. The molecule has 12 N–H and O–H groups in total. The zero-order valence-corrected chi connectivity index (χ0v) is 39.4. The van der Waals surface area contributed by atoms with E-state index in [0.717, 1.165) is 34.9 Å². The van der Waals surface area contributed by atoms with Crippen molar-refractivity contribution >= 4 is 52.1 Å². The lowest BCUT2D eigenvalue weighted by atomic mass is 10.0. The van der Waals surface area contributed by atoms with Gasteiger partial charge in [-0.15, -0.1) is 0 Å². The molecule has 3 aromatic carbocycles. The van der Waals surface area contributed by atoms with Gasteiger partial charge in [0.25, 0.3) is 5.91 Å². The Kier molecular flexibility index (Phi) is 17.9. The Morgan fingerprint density at radius 1 is 0.768 bits per heavy atom. The molecule has 3 aromatic rings. The number of phenols is 1. The van der Waals surface area contributed by atoms with Gasteiger partial charge in [0.05, 0.1) is 18.8 Å². The SMILES string of the molecule is CCCCCOc1ccc2cc(C(=O)N[C@H]3CCCNC(=O)[C@@H]4C[C@H](N)CN4C(=O)[C@H]([C@H](C)O)NC(=O)[C@H](CCc4ccc(O)cc4)NC(=O)[C@@H]4C[C@H](N)CN4C(=O)[C@H]([C@@H](C)O)NC3=O)ccc2c1. The van der Waals surface area contributed by atoms with E-state index in [1.165, 1.54) is 30.9 Å². The van der Waals surface area contributed by atoms with Gasteiger partial charge in [0.1, 0.15) is 47.8 Å². The predicted octanol–water partition coefficient (Wildman–Crippen LogP) is -0.172. The lowest BCUT2D eigenvalue weighted by molar-refractivity contribution is -0.145. The summed E-state index contributed by atoms with van der Waals surface area (Å²) in [6, 6.07) is 7.23. The molecule has 3 fully saturated rings. The van der Waals surface area contributed by atoms with E-state index in [1.807, 2.05) is 18.2 Å². The maximum Gasteiger partial charge on any atom is 0.251 e. The van der Waals surface area contributed by atoms with Crippen molar-refractivity contribution in [3.05, 3.63) is 71.8 Å². The maximum atomic E-state index is 14.4. The number of aliphatic hydroxyl groups is 2. The number of amides is 7. The fourth-order valence-electron chi connectivity index (χ4n) is 9.02. The fraction of sp³-hybridized carbons (Fsp3) is 0.531. The molecule has 7 amide bonds. The second-order valence-electron chi connectivity index (χ2n) is 18.5. The minimum atomic E-state index is -1.62. The summed E-state index contributed by atoms with van der Waals surface area (Å²) in [6.07, 6.45) is 0.327. The van der Waals surface area contributed by atoms with E-state index in [9.17, 15) is 48.9 Å². The average molecular weight is 958 g/mol.